The summed E-state index contributed by atoms with van der Waals surface area (Å²) in [5.74, 6) is 0.123. The van der Waals surface area contributed by atoms with Gasteiger partial charge in [-0.15, -0.1) is 0 Å². The number of carbonyl (C=O) groups is 2. The summed E-state index contributed by atoms with van der Waals surface area (Å²) in [6.45, 7) is 0.841. The van der Waals surface area contributed by atoms with E-state index in [1.165, 1.54) is 6.07 Å². The van der Waals surface area contributed by atoms with Gasteiger partial charge in [-0.25, -0.2) is 4.39 Å². The van der Waals surface area contributed by atoms with E-state index in [0.29, 0.717) is 23.5 Å². The maximum absolute atomic E-state index is 15.0. The Morgan fingerprint density at radius 2 is 2.00 bits per heavy atom. The van der Waals surface area contributed by atoms with Crippen LogP contribution in [0.5, 0.6) is 0 Å². The molecule has 2 amide bonds. The Morgan fingerprint density at radius 1 is 1.27 bits per heavy atom. The number of halogens is 1. The first kappa shape index (κ1) is 21.6. The molecule has 3 fully saturated rings. The van der Waals surface area contributed by atoms with Crippen molar-refractivity contribution in [1.29, 1.82) is 5.26 Å². The van der Waals surface area contributed by atoms with Crippen molar-refractivity contribution in [3.63, 3.8) is 0 Å². The molecule has 170 valence electrons. The molecule has 0 aromatic heterocycles. The highest BCUT2D eigenvalue weighted by Gasteiger charge is 2.46. The van der Waals surface area contributed by atoms with E-state index in [9.17, 15) is 19.2 Å². The average molecular weight is 447 g/mol. The molecule has 2 aromatic rings. The second-order valence-corrected chi connectivity index (χ2v) is 9.54. The summed E-state index contributed by atoms with van der Waals surface area (Å²) in [6.07, 6.45) is 4.12. The highest BCUT2D eigenvalue weighted by Crippen LogP contribution is 2.37. The van der Waals surface area contributed by atoms with Crippen molar-refractivity contribution in [2.45, 2.75) is 50.1 Å². The highest BCUT2D eigenvalue weighted by atomic mass is 19.1. The number of hydrogen-bond donors (Lipinski definition) is 2. The molecule has 7 heteroatoms. The Morgan fingerprint density at radius 3 is 2.67 bits per heavy atom. The number of piperidine rings is 2. The van der Waals surface area contributed by atoms with E-state index < -0.39 is 17.4 Å². The van der Waals surface area contributed by atoms with Crippen LogP contribution in [0.25, 0.3) is 11.1 Å². The lowest BCUT2D eigenvalue weighted by Crippen LogP contribution is -2.64. The fourth-order valence-corrected chi connectivity index (χ4v) is 5.36. The third-order valence-corrected chi connectivity index (χ3v) is 7.56. The maximum atomic E-state index is 15.0. The highest BCUT2D eigenvalue weighted by molar-refractivity contribution is 6.01. The summed E-state index contributed by atoms with van der Waals surface area (Å²) in [6, 6.07) is 12.0. The van der Waals surface area contributed by atoms with Gasteiger partial charge in [0, 0.05) is 19.2 Å². The Balaban J connectivity index is 1.30. The first-order valence-corrected chi connectivity index (χ1v) is 11.5. The molecule has 4 aliphatic rings. The molecule has 1 saturated carbocycles. The number of benzene rings is 2. The third kappa shape index (κ3) is 3.89. The normalized spacial score (nSPS) is 24.3. The Bertz CT molecular complexity index is 1150. The van der Waals surface area contributed by atoms with Crippen LogP contribution in [0, 0.1) is 23.1 Å². The molecule has 6 nitrogen and oxygen atoms in total. The quantitative estimate of drug-likeness (QED) is 0.739. The topological polar surface area (TPSA) is 85.2 Å². The molecule has 0 unspecified atom stereocenters. The van der Waals surface area contributed by atoms with Crippen LogP contribution in [0.2, 0.25) is 0 Å². The van der Waals surface area contributed by atoms with Crippen molar-refractivity contribution in [2.75, 3.05) is 18.5 Å². The summed E-state index contributed by atoms with van der Waals surface area (Å²) >= 11 is 0. The van der Waals surface area contributed by atoms with Gasteiger partial charge in [-0.2, -0.15) is 5.26 Å². The summed E-state index contributed by atoms with van der Waals surface area (Å²) in [4.78, 5) is 26.5. The van der Waals surface area contributed by atoms with Crippen molar-refractivity contribution in [1.82, 2.24) is 10.6 Å². The second-order valence-electron chi connectivity index (χ2n) is 9.54. The molecule has 3 heterocycles. The fourth-order valence-electron chi connectivity index (χ4n) is 5.36. The zero-order valence-electron chi connectivity index (χ0n) is 18.7. The number of likely N-dealkylation sites (N-methyl/N-ethyl adjacent to an activating group) is 1. The van der Waals surface area contributed by atoms with Crippen molar-refractivity contribution < 1.29 is 14.0 Å². The summed E-state index contributed by atoms with van der Waals surface area (Å²) < 4.78 is 15.0. The van der Waals surface area contributed by atoms with E-state index >= 15 is 0 Å². The summed E-state index contributed by atoms with van der Waals surface area (Å²) in [5.41, 5.74) is 3.14. The zero-order chi connectivity index (χ0) is 23.2. The van der Waals surface area contributed by atoms with Gasteiger partial charge in [-0.1, -0.05) is 24.3 Å². The molecule has 2 saturated heterocycles. The number of fused-ring (bicyclic) bond motifs is 4. The number of hydrogen-bond acceptors (Lipinski definition) is 4. The Hall–Kier alpha value is -3.24. The van der Waals surface area contributed by atoms with Crippen LogP contribution in [0.15, 0.2) is 36.4 Å². The van der Waals surface area contributed by atoms with Gasteiger partial charge in [0.2, 0.25) is 11.8 Å². The van der Waals surface area contributed by atoms with Crippen LogP contribution >= 0.6 is 0 Å². The van der Waals surface area contributed by atoms with Gasteiger partial charge >= 0.3 is 0 Å². The van der Waals surface area contributed by atoms with Crippen LogP contribution in [0.3, 0.4) is 0 Å². The van der Waals surface area contributed by atoms with E-state index in [1.807, 2.05) is 24.3 Å². The number of anilines is 1. The molecule has 3 aliphatic heterocycles. The number of carbonyl (C=O) groups excluding carboxylic acids is 2. The Kier molecular flexibility index (Phi) is 5.41. The van der Waals surface area contributed by atoms with Gasteiger partial charge in [0.1, 0.15) is 11.9 Å². The number of rotatable bonds is 5. The second kappa shape index (κ2) is 8.27. The fraction of sp³-hybridized carbons (Fsp3) is 0.423. The molecule has 2 aromatic carbocycles. The lowest BCUT2D eigenvalue weighted by Gasteiger charge is -2.46. The minimum absolute atomic E-state index is 0.0456. The number of nitriles is 1. The largest absolute Gasteiger partial charge is 0.338 e. The maximum Gasteiger partial charge on any atom is 0.241 e. The van der Waals surface area contributed by atoms with Crippen LogP contribution < -0.4 is 15.5 Å². The minimum atomic E-state index is -0.798. The van der Waals surface area contributed by atoms with Crippen LogP contribution in [-0.4, -0.2) is 37.0 Å². The van der Waals surface area contributed by atoms with Crippen molar-refractivity contribution >= 4 is 17.5 Å². The SMILES string of the molecule is CN1C(=O)Cc2ccc(-c3ccc(C[C@@H](C#N)NC(=O)C45CCC(CC4)CN5)c(F)c3)cc21. The van der Waals surface area contributed by atoms with Gasteiger partial charge < -0.3 is 15.5 Å². The van der Waals surface area contributed by atoms with E-state index in [-0.39, 0.29) is 18.2 Å². The number of amides is 2. The molecule has 33 heavy (non-hydrogen) atoms. The number of nitrogens with zero attached hydrogens (tertiary/aromatic N) is 2. The summed E-state index contributed by atoms with van der Waals surface area (Å²) in [5, 5.41) is 15.8. The van der Waals surface area contributed by atoms with E-state index in [0.717, 1.165) is 49.0 Å². The summed E-state index contributed by atoms with van der Waals surface area (Å²) in [7, 11) is 1.74. The molecule has 2 bridgehead atoms. The molecular formula is C26H27FN4O2. The Labute approximate surface area is 192 Å². The van der Waals surface area contributed by atoms with E-state index in [4.69, 9.17) is 0 Å². The molecule has 0 spiro atoms. The molecule has 1 atom stereocenters. The predicted molar refractivity (Wildman–Crippen MR) is 123 cm³/mol. The van der Waals surface area contributed by atoms with Gasteiger partial charge in [0.25, 0.3) is 0 Å². The lowest BCUT2D eigenvalue weighted by molar-refractivity contribution is -0.131. The number of nitrogens with one attached hydrogen (secondary N) is 2. The monoisotopic (exact) mass is 446 g/mol. The standard InChI is InChI=1S/C26H27FN4O2/c1-31-23-12-18(3-5-20(23)13-24(31)32)17-2-4-19(22(27)11-17)10-21(14-28)30-25(33)26-8-6-16(7-9-26)15-29-26/h2-5,11-12,16,21,29H,6-10,13,15H2,1H3,(H,30,33)/t16?,21-,26?/m0/s1. The predicted octanol–water partition coefficient (Wildman–Crippen LogP) is 3.09. The van der Waals surface area contributed by atoms with Gasteiger partial charge in [0.15, 0.2) is 0 Å². The van der Waals surface area contributed by atoms with E-state index in [1.54, 1.807) is 18.0 Å². The molecule has 2 N–H and O–H groups in total. The van der Waals surface area contributed by atoms with Crippen molar-refractivity contribution in [2.24, 2.45) is 5.92 Å². The third-order valence-electron chi connectivity index (χ3n) is 7.56. The molecule has 0 radical (unpaired) electrons. The van der Waals surface area contributed by atoms with Gasteiger partial charge in [-0.05, 0) is 72.5 Å². The van der Waals surface area contributed by atoms with Gasteiger partial charge in [0.05, 0.1) is 18.0 Å². The van der Waals surface area contributed by atoms with Crippen LogP contribution in [-0.2, 0) is 22.4 Å². The van der Waals surface area contributed by atoms with E-state index in [2.05, 4.69) is 16.7 Å². The van der Waals surface area contributed by atoms with Crippen molar-refractivity contribution in [3.8, 4) is 17.2 Å². The van der Waals surface area contributed by atoms with Crippen LogP contribution in [0.4, 0.5) is 10.1 Å². The minimum Gasteiger partial charge on any atom is -0.338 e. The average Bonchev–Trinajstić information content (AvgIpc) is 3.13. The van der Waals surface area contributed by atoms with Crippen molar-refractivity contribution in [3.05, 3.63) is 53.3 Å². The zero-order valence-corrected chi connectivity index (χ0v) is 18.7. The van der Waals surface area contributed by atoms with Crippen LogP contribution in [0.1, 0.15) is 36.8 Å². The smallest absolute Gasteiger partial charge is 0.241 e. The molecular weight excluding hydrogens is 419 g/mol. The lowest BCUT2D eigenvalue weighted by atomic mass is 9.71. The molecule has 1 aliphatic carbocycles. The first-order valence-electron chi connectivity index (χ1n) is 11.5. The van der Waals surface area contributed by atoms with Gasteiger partial charge in [-0.3, -0.25) is 9.59 Å². The molecule has 6 rings (SSSR count). The first-order chi connectivity index (χ1) is 15.9.